The number of nitrogens with one attached hydrogen (secondary N) is 3. The van der Waals surface area contributed by atoms with Crippen molar-refractivity contribution in [3.8, 4) is 0 Å². The Balaban J connectivity index is 0.000000202. The van der Waals surface area contributed by atoms with E-state index in [9.17, 15) is 34.6 Å². The number of aromatic nitrogens is 4. The maximum absolute atomic E-state index is 12.8. The van der Waals surface area contributed by atoms with Crippen LogP contribution in [0.25, 0.3) is 0 Å². The highest BCUT2D eigenvalue weighted by Crippen LogP contribution is 2.35. The van der Waals surface area contributed by atoms with Gasteiger partial charge in [0.05, 0.1) is 54.6 Å². The Morgan fingerprint density at radius 2 is 1.19 bits per heavy atom. The number of amides is 2. The van der Waals surface area contributed by atoms with Crippen LogP contribution in [0.2, 0.25) is 0 Å². The number of nitrogens with zero attached hydrogens (tertiary/aromatic N) is 7. The number of anilines is 2. The maximum Gasteiger partial charge on any atom is 0.270 e. The smallest absolute Gasteiger partial charge is 0.270 e. The third-order valence-corrected chi connectivity index (χ3v) is 16.1. The van der Waals surface area contributed by atoms with E-state index in [0.29, 0.717) is 39.1 Å². The number of thiazole rings is 2. The van der Waals surface area contributed by atoms with Crippen molar-refractivity contribution in [2.24, 2.45) is 11.8 Å². The quantitative estimate of drug-likeness (QED) is 0.0374. The van der Waals surface area contributed by atoms with Crippen molar-refractivity contribution in [1.29, 1.82) is 0 Å². The van der Waals surface area contributed by atoms with E-state index in [-0.39, 0.29) is 62.6 Å². The number of ketones is 1. The molecule has 2 saturated heterocycles. The molecule has 23 heteroatoms. The summed E-state index contributed by atoms with van der Waals surface area (Å²) in [4.78, 5) is 76.0. The van der Waals surface area contributed by atoms with Gasteiger partial charge in [-0.25, -0.2) is 19.9 Å². The summed E-state index contributed by atoms with van der Waals surface area (Å²) in [5.74, 6) is 4.31. The minimum Gasteiger partial charge on any atom is -0.444 e. The Bertz CT molecular complexity index is 2790. The lowest BCUT2D eigenvalue weighted by Gasteiger charge is -2.35. The zero-order valence-corrected chi connectivity index (χ0v) is 45.4. The number of likely N-dealkylation sites (tertiary alicyclic amines) is 1. The molecule has 19 nitrogen and oxygen atoms in total. The number of non-ortho nitro benzene ring substituents is 2. The summed E-state index contributed by atoms with van der Waals surface area (Å²) in [6.07, 6.45) is 10.4. The fourth-order valence-electron chi connectivity index (χ4n) is 7.48. The number of benzene rings is 2. The summed E-state index contributed by atoms with van der Waals surface area (Å²) in [5, 5.41) is 31.8. The fourth-order valence-corrected chi connectivity index (χ4v) is 10.9. The molecule has 73 heavy (non-hydrogen) atoms. The second kappa shape index (κ2) is 25.9. The highest BCUT2D eigenvalue weighted by atomic mass is 32.2. The Labute approximate surface area is 440 Å². The van der Waals surface area contributed by atoms with Crippen molar-refractivity contribution in [2.45, 2.75) is 118 Å². The molecule has 2 aliphatic rings. The van der Waals surface area contributed by atoms with Crippen LogP contribution in [0.15, 0.2) is 90.6 Å². The van der Waals surface area contributed by atoms with Crippen LogP contribution in [0, 0.1) is 32.1 Å². The Morgan fingerprint density at radius 3 is 1.64 bits per heavy atom. The van der Waals surface area contributed by atoms with Crippen molar-refractivity contribution in [3.05, 3.63) is 128 Å². The molecule has 8 rings (SSSR count). The normalized spacial score (nSPS) is 15.0. The van der Waals surface area contributed by atoms with Crippen LogP contribution in [0.4, 0.5) is 21.6 Å². The molecule has 1 atom stereocenters. The van der Waals surface area contributed by atoms with E-state index in [1.165, 1.54) is 53.9 Å². The Morgan fingerprint density at radius 1 is 0.726 bits per heavy atom. The first-order valence-electron chi connectivity index (χ1n) is 23.8. The standard InChI is InChI=1S/C25H31N5O4S2.C17H24N4O2S2.C8H7NO3/c1-16(18-6-5-7-19(12-18)30(32)33)29-10-8-17(9-11-29)23(31)28-24-27-14-22(36-24)35-15-21-26-13-20(34-21)25(2,3)4;1-17(2,3)12-8-19-13(23-12)10-24-14-9-20-16(25-14)21-15(22)11-4-6-18-7-5-11;1-6(10)7-3-2-4-8(5-7)9(11)12/h5-7,12-14,16-17H,8-11,15H2,1-4H3,(H,27,28,31);8-9,11,18H,4-7,10H2,1-3H3,(H,20,21,22);2-5H,1H3. The molecule has 0 aliphatic carbocycles. The molecule has 6 aromatic rings. The Kier molecular flexibility index (Phi) is 20.0. The van der Waals surface area contributed by atoms with E-state index in [1.54, 1.807) is 66.5 Å². The third kappa shape index (κ3) is 17.1. The van der Waals surface area contributed by atoms with Crippen LogP contribution in [-0.4, -0.2) is 78.5 Å². The maximum atomic E-state index is 12.8. The first-order chi connectivity index (χ1) is 34.6. The van der Waals surface area contributed by atoms with E-state index >= 15 is 0 Å². The van der Waals surface area contributed by atoms with Gasteiger partial charge >= 0.3 is 0 Å². The molecule has 0 radical (unpaired) electrons. The number of thioether (sulfide) groups is 2. The number of nitro groups is 2. The predicted octanol–water partition coefficient (Wildman–Crippen LogP) is 11.5. The summed E-state index contributed by atoms with van der Waals surface area (Å²) in [5.41, 5.74) is 1.22. The molecule has 2 amide bonds. The second-order valence-corrected chi connectivity index (χ2v) is 24.1. The predicted molar refractivity (Wildman–Crippen MR) is 286 cm³/mol. The van der Waals surface area contributed by atoms with Gasteiger partial charge in [-0.05, 0) is 71.3 Å². The SMILES string of the molecule is CC(=O)c1cccc([N+](=O)[O-])c1.CC(C)(C)c1cnc(CSc2cnc(NC(=O)C3CCNCC3)s2)o1.CC(c1cccc([N+](=O)[O-])c1)N1CCC(C(=O)Nc2ncc(SCc3ncc(C(C)(C)C)o3)s2)CC1. The molecule has 3 N–H and O–H groups in total. The average Bonchev–Trinajstić information content (AvgIpc) is 4.22. The molecular weight excluding hydrogens is 1010 g/mol. The molecule has 1 unspecified atom stereocenters. The number of rotatable bonds is 15. The van der Waals surface area contributed by atoms with Crippen molar-refractivity contribution >= 4 is 85.4 Å². The molecule has 2 fully saturated rings. The van der Waals surface area contributed by atoms with E-state index in [2.05, 4.69) is 89.3 Å². The molecule has 6 heterocycles. The molecule has 4 aromatic heterocycles. The van der Waals surface area contributed by atoms with Gasteiger partial charge < -0.3 is 24.8 Å². The fraction of sp³-hybridized carbons (Fsp3) is 0.460. The van der Waals surface area contributed by atoms with E-state index in [1.807, 2.05) is 6.07 Å². The monoisotopic (exact) mass is 1070 g/mol. The summed E-state index contributed by atoms with van der Waals surface area (Å²) in [6.45, 7) is 19.3. The minimum absolute atomic E-state index is 0.00827. The van der Waals surface area contributed by atoms with E-state index < -0.39 is 4.92 Å². The van der Waals surface area contributed by atoms with Gasteiger partial charge in [-0.2, -0.15) is 0 Å². The van der Waals surface area contributed by atoms with Gasteiger partial charge in [0, 0.05) is 58.5 Å². The molecule has 2 aliphatic heterocycles. The van der Waals surface area contributed by atoms with Crippen LogP contribution in [0.3, 0.4) is 0 Å². The van der Waals surface area contributed by atoms with Gasteiger partial charge in [0.15, 0.2) is 16.0 Å². The lowest BCUT2D eigenvalue weighted by atomic mass is 9.94. The van der Waals surface area contributed by atoms with Gasteiger partial charge in [-0.3, -0.25) is 39.5 Å². The van der Waals surface area contributed by atoms with Gasteiger partial charge in [0.2, 0.25) is 23.6 Å². The molecule has 2 aromatic carbocycles. The zero-order chi connectivity index (χ0) is 52.9. The summed E-state index contributed by atoms with van der Waals surface area (Å²) >= 11 is 6.14. The molecule has 0 saturated carbocycles. The summed E-state index contributed by atoms with van der Waals surface area (Å²) in [6, 6.07) is 12.5. The van der Waals surface area contributed by atoms with Crippen LogP contribution >= 0.6 is 46.2 Å². The largest absolute Gasteiger partial charge is 0.444 e. The molecule has 0 spiro atoms. The van der Waals surface area contributed by atoms with Gasteiger partial charge in [0.1, 0.15) is 11.5 Å². The lowest BCUT2D eigenvalue weighted by molar-refractivity contribution is -0.385. The van der Waals surface area contributed by atoms with Crippen LogP contribution < -0.4 is 16.0 Å². The van der Waals surface area contributed by atoms with Crippen LogP contribution in [0.1, 0.15) is 126 Å². The number of oxazole rings is 2. The Hall–Kier alpha value is -5.85. The summed E-state index contributed by atoms with van der Waals surface area (Å²) < 4.78 is 13.7. The van der Waals surface area contributed by atoms with Crippen molar-refractivity contribution in [2.75, 3.05) is 36.8 Å². The average molecular weight is 1080 g/mol. The van der Waals surface area contributed by atoms with Crippen LogP contribution in [0.5, 0.6) is 0 Å². The third-order valence-electron chi connectivity index (χ3n) is 11.9. The first kappa shape index (κ1) is 56.4. The highest BCUT2D eigenvalue weighted by Gasteiger charge is 2.29. The van der Waals surface area contributed by atoms with Crippen molar-refractivity contribution in [1.82, 2.24) is 30.2 Å². The zero-order valence-electron chi connectivity index (χ0n) is 42.2. The lowest BCUT2D eigenvalue weighted by Crippen LogP contribution is -2.39. The van der Waals surface area contributed by atoms with E-state index in [0.717, 1.165) is 77.4 Å². The van der Waals surface area contributed by atoms with Crippen molar-refractivity contribution in [3.63, 3.8) is 0 Å². The van der Waals surface area contributed by atoms with Gasteiger partial charge in [0.25, 0.3) is 11.4 Å². The molecular formula is C50H62N10O9S4. The van der Waals surface area contributed by atoms with E-state index in [4.69, 9.17) is 8.83 Å². The van der Waals surface area contributed by atoms with Gasteiger partial charge in [-0.15, -0.1) is 23.5 Å². The molecule has 0 bridgehead atoms. The number of Topliss-reactive ketones (excluding diaryl/α,β-unsaturated/α-hetero) is 1. The minimum atomic E-state index is -0.521. The van der Waals surface area contributed by atoms with Gasteiger partial charge in [-0.1, -0.05) is 88.5 Å². The van der Waals surface area contributed by atoms with Crippen molar-refractivity contribution < 1.29 is 33.1 Å². The number of hydrogen-bond acceptors (Lipinski definition) is 19. The molecule has 390 valence electrons. The number of hydrogen-bond donors (Lipinski definition) is 3. The number of piperidine rings is 2. The topological polar surface area (TPSA) is 255 Å². The summed E-state index contributed by atoms with van der Waals surface area (Å²) in [7, 11) is 0. The first-order valence-corrected chi connectivity index (χ1v) is 27.4. The highest BCUT2D eigenvalue weighted by molar-refractivity contribution is 8.00. The number of nitro benzene ring substituents is 2. The second-order valence-electron chi connectivity index (χ2n) is 19.5. The number of carbonyl (C=O) groups is 3. The van der Waals surface area contributed by atoms with Crippen LogP contribution in [-0.2, 0) is 31.9 Å². The number of carbonyl (C=O) groups excluding carboxylic acids is 3.